The van der Waals surface area contributed by atoms with Crippen molar-refractivity contribution in [1.29, 1.82) is 0 Å². The van der Waals surface area contributed by atoms with Gasteiger partial charge < -0.3 is 15.0 Å². The van der Waals surface area contributed by atoms with Crippen LogP contribution in [-0.2, 0) is 0 Å². The Hall–Kier alpha value is -1.26. The molecule has 1 aromatic rings. The number of nitrogens with zero attached hydrogens (tertiary/aromatic N) is 2. The Labute approximate surface area is 116 Å². The molecule has 1 N–H and O–H groups in total. The van der Waals surface area contributed by atoms with Gasteiger partial charge in [0.15, 0.2) is 0 Å². The number of benzene rings is 1. The van der Waals surface area contributed by atoms with Gasteiger partial charge in [-0.1, -0.05) is 13.0 Å². The molecular weight excluding hydrogens is 238 g/mol. The van der Waals surface area contributed by atoms with E-state index in [1.54, 1.807) is 7.11 Å². The molecular formula is C15H25N3O. The van der Waals surface area contributed by atoms with Crippen LogP contribution in [-0.4, -0.2) is 57.8 Å². The van der Waals surface area contributed by atoms with Gasteiger partial charge in [0.05, 0.1) is 7.11 Å². The van der Waals surface area contributed by atoms with Crippen molar-refractivity contribution in [1.82, 2.24) is 10.2 Å². The van der Waals surface area contributed by atoms with Crippen molar-refractivity contribution in [2.45, 2.75) is 6.92 Å². The van der Waals surface area contributed by atoms with Crippen molar-refractivity contribution in [2.75, 3.05) is 57.8 Å². The zero-order chi connectivity index (χ0) is 13.5. The molecule has 0 amide bonds. The predicted molar refractivity (Wildman–Crippen MR) is 80.2 cm³/mol. The summed E-state index contributed by atoms with van der Waals surface area (Å²) in [6, 6.07) is 8.34. The maximum Gasteiger partial charge on any atom is 0.120 e. The van der Waals surface area contributed by atoms with E-state index in [0.717, 1.165) is 51.6 Å². The van der Waals surface area contributed by atoms with Crippen LogP contribution in [0.2, 0.25) is 0 Å². The van der Waals surface area contributed by atoms with Crippen molar-refractivity contribution in [3.8, 4) is 5.75 Å². The number of anilines is 1. The molecule has 4 nitrogen and oxygen atoms in total. The largest absolute Gasteiger partial charge is 0.497 e. The highest BCUT2D eigenvalue weighted by Crippen LogP contribution is 2.21. The van der Waals surface area contributed by atoms with Crippen molar-refractivity contribution < 1.29 is 4.74 Å². The second-order valence-corrected chi connectivity index (χ2v) is 4.88. The second-order valence-electron chi connectivity index (χ2n) is 4.88. The Morgan fingerprint density at radius 3 is 2.68 bits per heavy atom. The molecule has 0 radical (unpaired) electrons. The first-order chi connectivity index (χ1) is 9.33. The average molecular weight is 263 g/mol. The van der Waals surface area contributed by atoms with Crippen LogP contribution in [0.4, 0.5) is 5.69 Å². The smallest absolute Gasteiger partial charge is 0.120 e. The second kappa shape index (κ2) is 7.36. The van der Waals surface area contributed by atoms with Gasteiger partial charge in [0.25, 0.3) is 0 Å². The van der Waals surface area contributed by atoms with Crippen molar-refractivity contribution in [2.24, 2.45) is 0 Å². The van der Waals surface area contributed by atoms with Crippen molar-refractivity contribution in [3.63, 3.8) is 0 Å². The van der Waals surface area contributed by atoms with Crippen LogP contribution in [0.5, 0.6) is 5.75 Å². The van der Waals surface area contributed by atoms with Crippen molar-refractivity contribution in [3.05, 3.63) is 24.3 Å². The van der Waals surface area contributed by atoms with Gasteiger partial charge in [-0.3, -0.25) is 4.90 Å². The molecule has 0 saturated carbocycles. The Kier molecular flexibility index (Phi) is 5.48. The molecule has 106 valence electrons. The lowest BCUT2D eigenvalue weighted by atomic mass is 10.2. The fraction of sp³-hybridized carbons (Fsp3) is 0.600. The minimum absolute atomic E-state index is 0.937. The first-order valence-electron chi connectivity index (χ1n) is 7.15. The summed E-state index contributed by atoms with van der Waals surface area (Å²) in [6.45, 7) is 9.93. The summed E-state index contributed by atoms with van der Waals surface area (Å²) in [5.74, 6) is 0.937. The quantitative estimate of drug-likeness (QED) is 0.786. The van der Waals surface area contributed by atoms with Gasteiger partial charge in [0.2, 0.25) is 0 Å². The summed E-state index contributed by atoms with van der Waals surface area (Å²) < 4.78 is 5.29. The summed E-state index contributed by atoms with van der Waals surface area (Å²) in [4.78, 5) is 4.96. The number of hydrogen-bond donors (Lipinski definition) is 1. The minimum atomic E-state index is 0.937. The Bertz CT molecular complexity index is 375. The van der Waals surface area contributed by atoms with E-state index < -0.39 is 0 Å². The molecule has 0 aliphatic carbocycles. The highest BCUT2D eigenvalue weighted by molar-refractivity contribution is 5.51. The third kappa shape index (κ3) is 4.11. The summed E-state index contributed by atoms with van der Waals surface area (Å²) >= 11 is 0. The zero-order valence-corrected chi connectivity index (χ0v) is 12.1. The van der Waals surface area contributed by atoms with E-state index in [2.05, 4.69) is 40.2 Å². The summed E-state index contributed by atoms with van der Waals surface area (Å²) in [6.07, 6.45) is 0. The SMILES string of the molecule is CCNCCN1CCN(c2cccc(OC)c2)CC1. The maximum absolute atomic E-state index is 5.29. The Balaban J connectivity index is 1.82. The third-order valence-electron chi connectivity index (χ3n) is 3.65. The number of methoxy groups -OCH3 is 1. The monoisotopic (exact) mass is 263 g/mol. The maximum atomic E-state index is 5.29. The van der Waals surface area contributed by atoms with Crippen molar-refractivity contribution >= 4 is 5.69 Å². The lowest BCUT2D eigenvalue weighted by molar-refractivity contribution is 0.258. The first-order valence-corrected chi connectivity index (χ1v) is 7.15. The third-order valence-corrected chi connectivity index (χ3v) is 3.65. The summed E-state index contributed by atoms with van der Waals surface area (Å²) in [5, 5.41) is 3.38. The van der Waals surface area contributed by atoms with Gasteiger partial charge in [-0.15, -0.1) is 0 Å². The van der Waals surface area contributed by atoms with Crippen LogP contribution in [0.1, 0.15) is 6.92 Å². The molecule has 19 heavy (non-hydrogen) atoms. The fourth-order valence-corrected chi connectivity index (χ4v) is 2.45. The number of likely N-dealkylation sites (N-methyl/N-ethyl adjacent to an activating group) is 1. The summed E-state index contributed by atoms with van der Waals surface area (Å²) in [7, 11) is 1.72. The molecule has 1 aliphatic rings. The van der Waals surface area contributed by atoms with E-state index >= 15 is 0 Å². The fourth-order valence-electron chi connectivity index (χ4n) is 2.45. The van der Waals surface area contributed by atoms with E-state index in [4.69, 9.17) is 4.74 Å². The molecule has 0 unspecified atom stereocenters. The number of piperazine rings is 1. The number of rotatable bonds is 6. The first kappa shape index (κ1) is 14.2. The van der Waals surface area contributed by atoms with E-state index in [9.17, 15) is 0 Å². The summed E-state index contributed by atoms with van der Waals surface area (Å²) in [5.41, 5.74) is 1.27. The van der Waals surface area contributed by atoms with Crippen LogP contribution >= 0.6 is 0 Å². The normalized spacial score (nSPS) is 16.6. The molecule has 0 bridgehead atoms. The molecule has 0 aromatic heterocycles. The molecule has 0 spiro atoms. The van der Waals surface area contributed by atoms with Crippen LogP contribution in [0.3, 0.4) is 0 Å². The van der Waals surface area contributed by atoms with Gasteiger partial charge in [-0.05, 0) is 18.7 Å². The topological polar surface area (TPSA) is 27.7 Å². The van der Waals surface area contributed by atoms with E-state index in [1.807, 2.05) is 6.07 Å². The molecule has 1 aliphatic heterocycles. The number of hydrogen-bond acceptors (Lipinski definition) is 4. The number of nitrogens with one attached hydrogen (secondary N) is 1. The molecule has 1 fully saturated rings. The standard InChI is InChI=1S/C15H25N3O/c1-3-16-7-8-17-9-11-18(12-10-17)14-5-4-6-15(13-14)19-2/h4-6,13,16H,3,7-12H2,1-2H3. The lowest BCUT2D eigenvalue weighted by Gasteiger charge is -2.36. The van der Waals surface area contributed by atoms with Gasteiger partial charge in [0.1, 0.15) is 5.75 Å². The minimum Gasteiger partial charge on any atom is -0.497 e. The molecule has 1 aromatic carbocycles. The number of ether oxygens (including phenoxy) is 1. The van der Waals surface area contributed by atoms with E-state index in [-0.39, 0.29) is 0 Å². The highest BCUT2D eigenvalue weighted by atomic mass is 16.5. The molecule has 0 atom stereocenters. The lowest BCUT2D eigenvalue weighted by Crippen LogP contribution is -2.48. The zero-order valence-electron chi connectivity index (χ0n) is 12.1. The van der Waals surface area contributed by atoms with E-state index in [1.165, 1.54) is 5.69 Å². The van der Waals surface area contributed by atoms with Crippen LogP contribution in [0.15, 0.2) is 24.3 Å². The van der Waals surface area contributed by atoms with E-state index in [0.29, 0.717) is 0 Å². The van der Waals surface area contributed by atoms with Crippen LogP contribution in [0, 0.1) is 0 Å². The average Bonchev–Trinajstić information content (AvgIpc) is 2.48. The highest BCUT2D eigenvalue weighted by Gasteiger charge is 2.16. The Morgan fingerprint density at radius 2 is 2.00 bits per heavy atom. The van der Waals surface area contributed by atoms with Gasteiger partial charge >= 0.3 is 0 Å². The molecule has 2 rings (SSSR count). The van der Waals surface area contributed by atoms with Gasteiger partial charge in [-0.25, -0.2) is 0 Å². The molecule has 1 heterocycles. The Morgan fingerprint density at radius 1 is 1.21 bits per heavy atom. The molecule has 4 heteroatoms. The van der Waals surface area contributed by atoms with Gasteiger partial charge in [-0.2, -0.15) is 0 Å². The predicted octanol–water partition coefficient (Wildman–Crippen LogP) is 1.43. The van der Waals surface area contributed by atoms with Crippen LogP contribution < -0.4 is 15.0 Å². The van der Waals surface area contributed by atoms with Crippen LogP contribution in [0.25, 0.3) is 0 Å². The molecule has 1 saturated heterocycles. The van der Waals surface area contributed by atoms with Gasteiger partial charge in [0, 0.05) is 51.0 Å².